The van der Waals surface area contributed by atoms with E-state index in [1.54, 1.807) is 27.7 Å². The minimum Gasteiger partial charge on any atom is -0.508 e. The second-order valence-electron chi connectivity index (χ2n) is 8.00. The zero-order valence-electron chi connectivity index (χ0n) is 18.4. The Balaban J connectivity index is 1.74. The molecule has 5 aromatic rings. The molecule has 0 aliphatic carbocycles. The number of benzene rings is 4. The first-order chi connectivity index (χ1) is 16.4. The fraction of sp³-hybridized carbons (Fsp3) is 0.0741. The first-order valence-electron chi connectivity index (χ1n) is 10.7. The van der Waals surface area contributed by atoms with Gasteiger partial charge in [-0.3, -0.25) is 23.6 Å². The summed E-state index contributed by atoms with van der Waals surface area (Å²) in [6.07, 6.45) is 0. The lowest BCUT2D eigenvalue weighted by atomic mass is 10.1. The third-order valence-electron chi connectivity index (χ3n) is 5.87. The molecule has 0 radical (unpaired) electrons. The van der Waals surface area contributed by atoms with Crippen molar-refractivity contribution in [1.29, 1.82) is 0 Å². The molecule has 0 bridgehead atoms. The molecule has 1 aromatic heterocycles. The number of para-hydroxylation sites is 1. The predicted molar refractivity (Wildman–Crippen MR) is 137 cm³/mol. The van der Waals surface area contributed by atoms with Crippen LogP contribution in [-0.2, 0) is 11.5 Å². The largest absolute Gasteiger partial charge is 0.508 e. The molecule has 5 rings (SSSR count). The molecule has 0 atom stereocenters. The molecule has 0 aliphatic rings. The van der Waals surface area contributed by atoms with Crippen molar-refractivity contribution < 1.29 is 9.90 Å². The first kappa shape index (κ1) is 21.6. The van der Waals surface area contributed by atoms with E-state index in [4.69, 9.17) is 12.2 Å². The SMILES string of the molecule is CC(=O)N(Cn1c(=S)n(-c2ccc3ccccc3c2)c(=O)c2ccccc21)c1ccc(O)cc1. The van der Waals surface area contributed by atoms with Crippen LogP contribution in [0.15, 0.2) is 95.8 Å². The average Bonchev–Trinajstić information content (AvgIpc) is 2.85. The van der Waals surface area contributed by atoms with E-state index < -0.39 is 0 Å². The Hall–Kier alpha value is -4.23. The normalized spacial score (nSPS) is 11.1. The Kier molecular flexibility index (Phi) is 5.47. The number of amides is 1. The molecule has 34 heavy (non-hydrogen) atoms. The van der Waals surface area contributed by atoms with Crippen LogP contribution < -0.4 is 10.5 Å². The summed E-state index contributed by atoms with van der Waals surface area (Å²) in [4.78, 5) is 27.7. The number of anilines is 1. The second kappa shape index (κ2) is 8.61. The molecule has 4 aromatic carbocycles. The van der Waals surface area contributed by atoms with E-state index in [1.165, 1.54) is 23.6 Å². The molecule has 0 saturated heterocycles. The van der Waals surface area contributed by atoms with Gasteiger partial charge >= 0.3 is 0 Å². The maximum absolute atomic E-state index is 13.5. The van der Waals surface area contributed by atoms with Gasteiger partial charge in [0.2, 0.25) is 5.91 Å². The zero-order chi connectivity index (χ0) is 23.8. The number of hydrogen-bond donors (Lipinski definition) is 1. The third kappa shape index (κ3) is 3.76. The van der Waals surface area contributed by atoms with E-state index in [1.807, 2.05) is 60.7 Å². The van der Waals surface area contributed by atoms with Crippen LogP contribution >= 0.6 is 12.2 Å². The Morgan fingerprint density at radius 1 is 0.912 bits per heavy atom. The van der Waals surface area contributed by atoms with E-state index in [9.17, 15) is 14.7 Å². The van der Waals surface area contributed by atoms with Crippen LogP contribution in [0.2, 0.25) is 0 Å². The van der Waals surface area contributed by atoms with Crippen molar-refractivity contribution in [1.82, 2.24) is 9.13 Å². The molecule has 1 N–H and O–H groups in total. The Bertz CT molecular complexity index is 1670. The lowest BCUT2D eigenvalue weighted by Crippen LogP contribution is -2.34. The molecule has 168 valence electrons. The number of fused-ring (bicyclic) bond motifs is 2. The van der Waals surface area contributed by atoms with Crippen LogP contribution in [0.25, 0.3) is 27.4 Å². The summed E-state index contributed by atoms with van der Waals surface area (Å²) < 4.78 is 3.58. The number of carbonyl (C=O) groups is 1. The van der Waals surface area contributed by atoms with E-state index in [-0.39, 0.29) is 28.7 Å². The standard InChI is InChI=1S/C27H21N3O3S/c1-18(31)28(21-12-14-23(32)15-13-21)17-29-25-9-5-4-8-24(25)26(33)30(27(29)34)22-11-10-19-6-2-3-7-20(19)16-22/h2-16,32H,17H2,1H3. The topological polar surface area (TPSA) is 67.5 Å². The molecule has 0 spiro atoms. The maximum atomic E-state index is 13.5. The second-order valence-corrected chi connectivity index (χ2v) is 8.37. The summed E-state index contributed by atoms with van der Waals surface area (Å²) in [7, 11) is 0. The van der Waals surface area contributed by atoms with E-state index >= 15 is 0 Å². The van der Waals surface area contributed by atoms with Crippen molar-refractivity contribution in [3.8, 4) is 11.4 Å². The fourth-order valence-electron chi connectivity index (χ4n) is 4.14. The third-order valence-corrected chi connectivity index (χ3v) is 6.27. The molecule has 0 saturated carbocycles. The van der Waals surface area contributed by atoms with Gasteiger partial charge in [-0.05, 0) is 71.5 Å². The molecule has 1 amide bonds. The highest BCUT2D eigenvalue weighted by atomic mass is 32.1. The first-order valence-corrected chi connectivity index (χ1v) is 11.2. The highest BCUT2D eigenvalue weighted by Crippen LogP contribution is 2.23. The quantitative estimate of drug-likeness (QED) is 0.360. The molecule has 1 heterocycles. The van der Waals surface area contributed by atoms with Crippen LogP contribution in [-0.4, -0.2) is 20.1 Å². The van der Waals surface area contributed by atoms with Gasteiger partial charge in [-0.2, -0.15) is 0 Å². The summed E-state index contributed by atoms with van der Waals surface area (Å²) >= 11 is 5.84. The molecule has 0 fully saturated rings. The van der Waals surface area contributed by atoms with Gasteiger partial charge in [0.25, 0.3) is 5.56 Å². The van der Waals surface area contributed by atoms with Crippen LogP contribution in [0.1, 0.15) is 6.92 Å². The number of hydrogen-bond acceptors (Lipinski definition) is 4. The van der Waals surface area contributed by atoms with Gasteiger partial charge < -0.3 is 5.11 Å². The highest BCUT2D eigenvalue weighted by molar-refractivity contribution is 7.71. The van der Waals surface area contributed by atoms with Crippen molar-refractivity contribution in [3.05, 3.63) is 106 Å². The van der Waals surface area contributed by atoms with Crippen molar-refractivity contribution in [2.24, 2.45) is 0 Å². The highest BCUT2D eigenvalue weighted by Gasteiger charge is 2.17. The number of nitrogens with zero attached hydrogens (tertiary/aromatic N) is 3. The van der Waals surface area contributed by atoms with Gasteiger partial charge in [-0.1, -0.05) is 42.5 Å². The predicted octanol–water partition coefficient (Wildman–Crippen LogP) is 5.39. The van der Waals surface area contributed by atoms with Crippen molar-refractivity contribution in [3.63, 3.8) is 0 Å². The van der Waals surface area contributed by atoms with Crippen LogP contribution in [0, 0.1) is 4.77 Å². The lowest BCUT2D eigenvalue weighted by molar-refractivity contribution is -0.116. The summed E-state index contributed by atoms with van der Waals surface area (Å²) in [5, 5.41) is 12.2. The van der Waals surface area contributed by atoms with Crippen molar-refractivity contribution in [2.75, 3.05) is 4.90 Å². The van der Waals surface area contributed by atoms with Crippen molar-refractivity contribution >= 4 is 45.5 Å². The molecule has 6 nitrogen and oxygen atoms in total. The summed E-state index contributed by atoms with van der Waals surface area (Å²) in [6.45, 7) is 1.57. The minimum atomic E-state index is -0.217. The Morgan fingerprint density at radius 3 is 2.32 bits per heavy atom. The van der Waals surface area contributed by atoms with E-state index in [0.717, 1.165) is 10.8 Å². The molecule has 7 heteroatoms. The van der Waals surface area contributed by atoms with Gasteiger partial charge in [0.15, 0.2) is 4.77 Å². The van der Waals surface area contributed by atoms with Crippen LogP contribution in [0.3, 0.4) is 0 Å². The van der Waals surface area contributed by atoms with Gasteiger partial charge in [0, 0.05) is 12.6 Å². The Labute approximate surface area is 200 Å². The number of aromatic hydroxyl groups is 1. The molecule has 0 unspecified atom stereocenters. The zero-order valence-corrected chi connectivity index (χ0v) is 19.2. The van der Waals surface area contributed by atoms with Gasteiger partial charge in [0.1, 0.15) is 12.4 Å². The van der Waals surface area contributed by atoms with Gasteiger partial charge in [0.05, 0.1) is 16.6 Å². The number of aromatic nitrogens is 2. The minimum absolute atomic E-state index is 0.104. The van der Waals surface area contributed by atoms with Crippen LogP contribution in [0.4, 0.5) is 5.69 Å². The number of rotatable bonds is 4. The molecular formula is C27H21N3O3S. The summed E-state index contributed by atoms with van der Waals surface area (Å²) in [5.41, 5.74) is 1.69. The molecular weight excluding hydrogens is 446 g/mol. The summed E-state index contributed by atoms with van der Waals surface area (Å²) in [5.74, 6) is -0.0840. The Morgan fingerprint density at radius 2 is 1.59 bits per heavy atom. The number of phenols is 1. The monoisotopic (exact) mass is 467 g/mol. The van der Waals surface area contributed by atoms with Crippen molar-refractivity contribution in [2.45, 2.75) is 13.6 Å². The average molecular weight is 468 g/mol. The van der Waals surface area contributed by atoms with Gasteiger partial charge in [-0.25, -0.2) is 0 Å². The summed E-state index contributed by atoms with van der Waals surface area (Å²) in [6, 6.07) is 27.3. The van der Waals surface area contributed by atoms with E-state index in [0.29, 0.717) is 22.3 Å². The fourth-order valence-corrected chi connectivity index (χ4v) is 4.48. The smallest absolute Gasteiger partial charge is 0.266 e. The number of carbonyl (C=O) groups excluding carboxylic acids is 1. The van der Waals surface area contributed by atoms with E-state index in [2.05, 4.69) is 0 Å². The number of phenolic OH excluding ortho intramolecular Hbond substituents is 1. The van der Waals surface area contributed by atoms with Gasteiger partial charge in [-0.15, -0.1) is 0 Å². The molecule has 0 aliphatic heterocycles. The lowest BCUT2D eigenvalue weighted by Gasteiger charge is -2.25. The maximum Gasteiger partial charge on any atom is 0.266 e. The van der Waals surface area contributed by atoms with Crippen LogP contribution in [0.5, 0.6) is 5.75 Å².